The van der Waals surface area contributed by atoms with Gasteiger partial charge in [0.2, 0.25) is 0 Å². The highest BCUT2D eigenvalue weighted by Crippen LogP contribution is 2.33. The SMILES string of the molecule is C=CC(C)(C)c1[nH]c2ccc(CC=C(C)C)cc2c1/C=c1/nc([O-])c(=C)[nH]c1=O. The molecule has 0 saturated heterocycles. The molecule has 1 aromatic carbocycles. The maximum Gasteiger partial charge on any atom is 0.274 e. The molecular formula is C24H26N3O2-. The lowest BCUT2D eigenvalue weighted by molar-refractivity contribution is -0.277. The number of H-pyrrole nitrogens is 2. The first-order valence-corrected chi connectivity index (χ1v) is 9.52. The van der Waals surface area contributed by atoms with Gasteiger partial charge in [-0.25, -0.2) is 0 Å². The van der Waals surface area contributed by atoms with Gasteiger partial charge in [0.05, 0.1) is 0 Å². The van der Waals surface area contributed by atoms with Crippen LogP contribution in [0.15, 0.2) is 47.3 Å². The van der Waals surface area contributed by atoms with Crippen LogP contribution in [-0.4, -0.2) is 15.0 Å². The van der Waals surface area contributed by atoms with Crippen molar-refractivity contribution in [3.05, 3.63) is 80.4 Å². The van der Waals surface area contributed by atoms with Crippen molar-refractivity contribution in [2.45, 2.75) is 39.5 Å². The Labute approximate surface area is 169 Å². The molecule has 2 aromatic heterocycles. The number of hydrogen-bond acceptors (Lipinski definition) is 3. The van der Waals surface area contributed by atoms with E-state index in [1.54, 1.807) is 6.08 Å². The highest BCUT2D eigenvalue weighted by Gasteiger charge is 2.23. The van der Waals surface area contributed by atoms with Crippen LogP contribution in [0.5, 0.6) is 5.88 Å². The van der Waals surface area contributed by atoms with Crippen molar-refractivity contribution >= 4 is 23.6 Å². The molecule has 0 aliphatic rings. The van der Waals surface area contributed by atoms with Crippen LogP contribution in [0, 0.1) is 0 Å². The van der Waals surface area contributed by atoms with E-state index in [1.807, 2.05) is 26.0 Å². The van der Waals surface area contributed by atoms with E-state index >= 15 is 0 Å². The van der Waals surface area contributed by atoms with Crippen LogP contribution in [0.1, 0.15) is 44.5 Å². The van der Waals surface area contributed by atoms with Crippen molar-refractivity contribution in [2.75, 3.05) is 0 Å². The monoisotopic (exact) mass is 388 g/mol. The molecule has 3 rings (SSSR count). The molecule has 0 aliphatic heterocycles. The van der Waals surface area contributed by atoms with Crippen LogP contribution in [0.2, 0.25) is 0 Å². The Hall–Kier alpha value is -3.34. The van der Waals surface area contributed by atoms with Crippen LogP contribution < -0.4 is 21.4 Å². The minimum absolute atomic E-state index is 0.0123. The lowest BCUT2D eigenvalue weighted by Crippen LogP contribution is -2.38. The van der Waals surface area contributed by atoms with Crippen molar-refractivity contribution < 1.29 is 5.11 Å². The number of allylic oxidation sites excluding steroid dienone is 3. The third kappa shape index (κ3) is 4.09. The largest absolute Gasteiger partial charge is 0.857 e. The summed E-state index contributed by atoms with van der Waals surface area (Å²) >= 11 is 0. The molecule has 150 valence electrons. The Morgan fingerprint density at radius 1 is 1.28 bits per heavy atom. The minimum atomic E-state index is -0.538. The maximum atomic E-state index is 12.4. The Balaban J connectivity index is 2.35. The van der Waals surface area contributed by atoms with Crippen molar-refractivity contribution in [2.24, 2.45) is 0 Å². The summed E-state index contributed by atoms with van der Waals surface area (Å²) < 4.78 is 0. The Morgan fingerprint density at radius 2 is 2.00 bits per heavy atom. The summed E-state index contributed by atoms with van der Waals surface area (Å²) in [5.41, 5.74) is 4.31. The summed E-state index contributed by atoms with van der Waals surface area (Å²) in [5, 5.41) is 13.0. The highest BCUT2D eigenvalue weighted by atomic mass is 16.3. The third-order valence-corrected chi connectivity index (χ3v) is 5.06. The number of nitrogens with one attached hydrogen (secondary N) is 2. The molecule has 0 radical (unpaired) electrons. The smallest absolute Gasteiger partial charge is 0.274 e. The first-order valence-electron chi connectivity index (χ1n) is 9.52. The van der Waals surface area contributed by atoms with Gasteiger partial charge in [0.1, 0.15) is 5.35 Å². The van der Waals surface area contributed by atoms with E-state index in [9.17, 15) is 9.90 Å². The van der Waals surface area contributed by atoms with Crippen LogP contribution in [-0.2, 0) is 11.8 Å². The average molecular weight is 388 g/mol. The van der Waals surface area contributed by atoms with Crippen molar-refractivity contribution in [1.82, 2.24) is 15.0 Å². The molecule has 0 aliphatic carbocycles. The average Bonchev–Trinajstić information content (AvgIpc) is 3.03. The normalized spacial score (nSPS) is 12.3. The molecule has 0 spiro atoms. The van der Waals surface area contributed by atoms with Gasteiger partial charge >= 0.3 is 0 Å². The summed E-state index contributed by atoms with van der Waals surface area (Å²) in [7, 11) is 0. The number of aromatic nitrogens is 3. The molecule has 0 atom stereocenters. The van der Waals surface area contributed by atoms with Gasteiger partial charge in [-0.2, -0.15) is 0 Å². The lowest BCUT2D eigenvalue weighted by Gasteiger charge is -2.19. The molecular weight excluding hydrogens is 362 g/mol. The van der Waals surface area contributed by atoms with E-state index in [4.69, 9.17) is 0 Å². The van der Waals surface area contributed by atoms with Gasteiger partial charge in [0, 0.05) is 38.8 Å². The number of benzene rings is 1. The second-order valence-corrected chi connectivity index (χ2v) is 8.08. The molecule has 2 heterocycles. The van der Waals surface area contributed by atoms with E-state index in [0.717, 1.165) is 34.1 Å². The van der Waals surface area contributed by atoms with Crippen molar-refractivity contribution in [1.29, 1.82) is 0 Å². The first-order chi connectivity index (χ1) is 13.6. The Kier molecular flexibility index (Phi) is 5.33. The molecule has 0 saturated carbocycles. The first kappa shape index (κ1) is 20.4. The maximum absolute atomic E-state index is 12.4. The fraction of sp³-hybridized carbons (Fsp3) is 0.250. The van der Waals surface area contributed by atoms with Gasteiger partial charge in [-0.3, -0.25) is 9.78 Å². The lowest BCUT2D eigenvalue weighted by atomic mass is 9.86. The zero-order chi connectivity index (χ0) is 21.3. The topological polar surface area (TPSA) is 84.6 Å². The number of rotatable bonds is 5. The number of fused-ring (bicyclic) bond motifs is 1. The molecule has 3 aromatic rings. The molecule has 5 heteroatoms. The quantitative estimate of drug-likeness (QED) is 0.659. The van der Waals surface area contributed by atoms with Gasteiger partial charge in [-0.05, 0) is 44.0 Å². The molecule has 0 amide bonds. The van der Waals surface area contributed by atoms with Gasteiger partial charge in [-0.1, -0.05) is 44.2 Å². The van der Waals surface area contributed by atoms with E-state index in [1.165, 1.54) is 5.57 Å². The van der Waals surface area contributed by atoms with Gasteiger partial charge in [0.25, 0.3) is 5.56 Å². The summed E-state index contributed by atoms with van der Waals surface area (Å²) in [4.78, 5) is 22.2. The van der Waals surface area contributed by atoms with E-state index < -0.39 is 11.4 Å². The van der Waals surface area contributed by atoms with E-state index in [0.29, 0.717) is 0 Å². The standard InChI is InChI=1S/C24H27N3O2/c1-7-24(5,6)21-18(13-20-23(29)25-15(4)22(28)27-20)17-12-16(9-8-14(2)3)10-11-19(17)26-21/h7-8,10-13,26H,1,4,9H2,2-3,5-6H3,(H,25,29)(H,27,28)/p-1/b20-13+. The Morgan fingerprint density at radius 3 is 2.66 bits per heavy atom. The van der Waals surface area contributed by atoms with Crippen LogP contribution >= 0.6 is 0 Å². The van der Waals surface area contributed by atoms with Crippen LogP contribution in [0.4, 0.5) is 0 Å². The van der Waals surface area contributed by atoms with Gasteiger partial charge < -0.3 is 15.1 Å². The zero-order valence-corrected chi connectivity index (χ0v) is 17.3. The molecule has 0 fully saturated rings. The minimum Gasteiger partial charge on any atom is -0.857 e. The third-order valence-electron chi connectivity index (χ3n) is 5.06. The highest BCUT2D eigenvalue weighted by molar-refractivity contribution is 5.91. The number of hydrogen-bond donors (Lipinski definition) is 2. The second-order valence-electron chi connectivity index (χ2n) is 8.08. The fourth-order valence-corrected chi connectivity index (χ4v) is 3.19. The molecule has 2 N–H and O–H groups in total. The van der Waals surface area contributed by atoms with Crippen molar-refractivity contribution in [3.8, 4) is 5.88 Å². The predicted molar refractivity (Wildman–Crippen MR) is 117 cm³/mol. The van der Waals surface area contributed by atoms with E-state index in [2.05, 4.69) is 60.2 Å². The number of aromatic amines is 2. The second kappa shape index (κ2) is 7.59. The number of nitrogens with zero attached hydrogens (tertiary/aromatic N) is 1. The molecule has 5 nitrogen and oxygen atoms in total. The summed E-state index contributed by atoms with van der Waals surface area (Å²) in [6, 6.07) is 6.24. The zero-order valence-electron chi connectivity index (χ0n) is 17.3. The molecule has 29 heavy (non-hydrogen) atoms. The fourth-order valence-electron chi connectivity index (χ4n) is 3.19. The summed E-state index contributed by atoms with van der Waals surface area (Å²) in [6.45, 7) is 15.7. The summed E-state index contributed by atoms with van der Waals surface area (Å²) in [6.07, 6.45) is 6.52. The van der Waals surface area contributed by atoms with Crippen molar-refractivity contribution in [3.63, 3.8) is 0 Å². The predicted octanol–water partition coefficient (Wildman–Crippen LogP) is 2.54. The van der Waals surface area contributed by atoms with Gasteiger partial charge in [0.15, 0.2) is 0 Å². The molecule has 0 unspecified atom stereocenters. The summed E-state index contributed by atoms with van der Waals surface area (Å²) in [5.74, 6) is -0.538. The van der Waals surface area contributed by atoms with Gasteiger partial charge in [-0.15, -0.1) is 6.58 Å². The van der Waals surface area contributed by atoms with Crippen LogP contribution in [0.25, 0.3) is 23.6 Å². The van der Waals surface area contributed by atoms with Crippen LogP contribution in [0.3, 0.4) is 0 Å². The molecule has 0 bridgehead atoms. The Bertz CT molecular complexity index is 1290. The van der Waals surface area contributed by atoms with E-state index in [-0.39, 0.29) is 16.1 Å².